The molecule has 5 heterocycles. The van der Waals surface area contributed by atoms with Crippen LogP contribution in [-0.2, 0) is 105 Å². The quantitative estimate of drug-likeness (QED) is 0.0733. The summed E-state index contributed by atoms with van der Waals surface area (Å²) < 4.78 is 74.5. The Morgan fingerprint density at radius 1 is 0.642 bits per heavy atom. The lowest BCUT2D eigenvalue weighted by atomic mass is 9.83. The fourth-order valence-corrected chi connectivity index (χ4v) is 9.09. The molecular formula is C41H51N3O23. The van der Waals surface area contributed by atoms with Gasteiger partial charge in [0, 0.05) is 79.3 Å². The highest BCUT2D eigenvalue weighted by Gasteiger charge is 2.73. The SMILES string of the molecule is CO[C@@]12[C@H](COC(N)=O)C3=C(C(=O)C(C)=C(O[C@@H]4O[C@H](COC(C)=O)[C@@H](O[C@@H]5O[C@H](COC(C)=O)[C@H](OC(C)=O)[C@H](OC(C)=O)[C@H]5OC(C)=O)[C@H](OC(C)=O)[C@H]4OC(C)=O)C3=O)N1C[C@@H]1N[C@@H]12. The highest BCUT2D eigenvalue weighted by atomic mass is 16.8. The minimum atomic E-state index is -2.00. The number of nitrogens with zero attached hydrogens (tertiary/aromatic N) is 1. The Balaban J connectivity index is 1.42. The zero-order valence-electron chi connectivity index (χ0n) is 37.7. The molecule has 0 spiro atoms. The van der Waals surface area contributed by atoms with Gasteiger partial charge < -0.3 is 77.5 Å². The number of hydrogen-bond donors (Lipinski definition) is 2. The molecule has 26 nitrogen and oxygen atoms in total. The molecule has 6 aliphatic rings. The summed E-state index contributed by atoms with van der Waals surface area (Å²) in [6.07, 6.45) is -19.1. The summed E-state index contributed by atoms with van der Waals surface area (Å²) in [5.41, 5.74) is 3.51. The predicted octanol–water partition coefficient (Wildman–Crippen LogP) is -1.97. The monoisotopic (exact) mass is 953 g/mol. The first-order valence-corrected chi connectivity index (χ1v) is 20.8. The molecule has 4 fully saturated rings. The van der Waals surface area contributed by atoms with E-state index in [2.05, 4.69) is 5.32 Å². The van der Waals surface area contributed by atoms with E-state index in [9.17, 15) is 47.9 Å². The van der Waals surface area contributed by atoms with Gasteiger partial charge in [-0.3, -0.25) is 43.2 Å². The second-order valence-corrected chi connectivity index (χ2v) is 16.2. The van der Waals surface area contributed by atoms with Gasteiger partial charge in [0.05, 0.1) is 17.7 Å². The number of piperazine rings is 1. The number of amides is 1. The van der Waals surface area contributed by atoms with Crippen LogP contribution in [-0.4, -0.2) is 177 Å². The number of Topliss-reactive ketones (excluding diaryl/α,β-unsaturated/α-hetero) is 2. The lowest BCUT2D eigenvalue weighted by molar-refractivity contribution is -0.358. The summed E-state index contributed by atoms with van der Waals surface area (Å²) in [7, 11) is 1.37. The molecule has 14 atom stereocenters. The van der Waals surface area contributed by atoms with Crippen molar-refractivity contribution >= 4 is 59.4 Å². The van der Waals surface area contributed by atoms with E-state index in [0.717, 1.165) is 48.5 Å². The molecule has 0 aromatic carbocycles. The average Bonchev–Trinajstić information content (AvgIpc) is 3.84. The molecule has 0 radical (unpaired) electrons. The fourth-order valence-electron chi connectivity index (χ4n) is 9.09. The van der Waals surface area contributed by atoms with Crippen LogP contribution < -0.4 is 11.1 Å². The number of ketones is 2. The van der Waals surface area contributed by atoms with E-state index in [4.69, 9.17) is 67.3 Å². The number of carbonyl (C=O) groups is 10. The third kappa shape index (κ3) is 10.2. The molecule has 368 valence electrons. The third-order valence-electron chi connectivity index (χ3n) is 11.5. The van der Waals surface area contributed by atoms with Crippen molar-refractivity contribution < 1.29 is 110 Å². The first kappa shape index (κ1) is 50.2. The molecule has 4 saturated heterocycles. The maximum absolute atomic E-state index is 14.8. The van der Waals surface area contributed by atoms with E-state index in [1.807, 2.05) is 0 Å². The highest BCUT2D eigenvalue weighted by molar-refractivity contribution is 6.25. The second kappa shape index (κ2) is 19.9. The summed E-state index contributed by atoms with van der Waals surface area (Å²) in [5.74, 6) is -9.93. The summed E-state index contributed by atoms with van der Waals surface area (Å²) in [4.78, 5) is 130. The fraction of sp³-hybridized carbons (Fsp3) is 0.659. The van der Waals surface area contributed by atoms with Gasteiger partial charge in [-0.25, -0.2) is 4.79 Å². The molecular weight excluding hydrogens is 902 g/mol. The van der Waals surface area contributed by atoms with Gasteiger partial charge in [0.1, 0.15) is 38.1 Å². The summed E-state index contributed by atoms with van der Waals surface area (Å²) in [6, 6.07) is -0.515. The van der Waals surface area contributed by atoms with Gasteiger partial charge in [-0.15, -0.1) is 0 Å². The zero-order chi connectivity index (χ0) is 49.4. The van der Waals surface area contributed by atoms with Crippen molar-refractivity contribution in [1.82, 2.24) is 10.2 Å². The standard InChI is InChI=1S/C41H51N3O23/c1-14-28(52)27-26(22(11-58-40(42)54)41(55-9)37-23(43-37)10-44(27)41)29(53)30(14)66-38-36(63-21(8)51)34(61-19(6)49)32(25(65-38)13-57-16(3)46)67-39-35(62-20(7)50)33(60-18(5)48)31(59-17(4)47)24(64-39)12-56-15(2)45/h22-25,31-39,43H,10-13H2,1-9H3,(H2,42,54)/t22-,23+,24-,25-,31+,32-,33+,34+,35-,36-,37+,38+,39+,41-/m1/s1. The number of nitrogens with two attached hydrogens (primary N) is 1. The van der Waals surface area contributed by atoms with Crippen molar-refractivity contribution in [3.05, 3.63) is 22.6 Å². The maximum atomic E-state index is 14.8. The predicted molar refractivity (Wildman–Crippen MR) is 210 cm³/mol. The molecule has 1 aliphatic carbocycles. The van der Waals surface area contributed by atoms with E-state index < -0.39 is 164 Å². The minimum Gasteiger partial charge on any atom is -0.463 e. The van der Waals surface area contributed by atoms with Gasteiger partial charge >= 0.3 is 47.9 Å². The zero-order valence-corrected chi connectivity index (χ0v) is 37.7. The molecule has 5 aliphatic heterocycles. The number of esters is 7. The first-order chi connectivity index (χ1) is 31.5. The first-order valence-electron chi connectivity index (χ1n) is 20.8. The van der Waals surface area contributed by atoms with Crippen LogP contribution >= 0.6 is 0 Å². The van der Waals surface area contributed by atoms with Crippen LogP contribution in [0.3, 0.4) is 0 Å². The van der Waals surface area contributed by atoms with Crippen LogP contribution in [0, 0.1) is 5.92 Å². The number of ether oxygens (including phenoxy) is 13. The summed E-state index contributed by atoms with van der Waals surface area (Å²) in [5, 5.41) is 3.24. The van der Waals surface area contributed by atoms with E-state index in [1.54, 1.807) is 4.90 Å². The molecule has 6 rings (SSSR count). The van der Waals surface area contributed by atoms with Gasteiger partial charge in [0.15, 0.2) is 42.2 Å². The third-order valence-corrected chi connectivity index (χ3v) is 11.5. The molecule has 1 amide bonds. The van der Waals surface area contributed by atoms with Gasteiger partial charge in [-0.2, -0.15) is 0 Å². The Morgan fingerprint density at radius 3 is 1.63 bits per heavy atom. The van der Waals surface area contributed by atoms with Gasteiger partial charge in [-0.1, -0.05) is 0 Å². The largest absolute Gasteiger partial charge is 0.463 e. The molecule has 67 heavy (non-hydrogen) atoms. The molecule has 0 unspecified atom stereocenters. The Kier molecular flexibility index (Phi) is 14.9. The van der Waals surface area contributed by atoms with Crippen molar-refractivity contribution in [2.45, 2.75) is 135 Å². The van der Waals surface area contributed by atoms with E-state index >= 15 is 0 Å². The van der Waals surface area contributed by atoms with Crippen LogP contribution in [0.2, 0.25) is 0 Å². The molecule has 3 N–H and O–H groups in total. The van der Waals surface area contributed by atoms with Crippen molar-refractivity contribution in [2.75, 3.05) is 33.5 Å². The molecule has 0 bridgehead atoms. The number of primary amides is 1. The second-order valence-electron chi connectivity index (χ2n) is 16.2. The normalized spacial score (nSPS) is 33.9. The van der Waals surface area contributed by atoms with Crippen molar-refractivity contribution in [2.24, 2.45) is 11.7 Å². The van der Waals surface area contributed by atoms with Crippen LogP contribution in [0.1, 0.15) is 55.4 Å². The average molecular weight is 954 g/mol. The Morgan fingerprint density at radius 2 is 1.12 bits per heavy atom. The van der Waals surface area contributed by atoms with Gasteiger partial charge in [0.2, 0.25) is 24.0 Å². The molecule has 26 heteroatoms. The van der Waals surface area contributed by atoms with E-state index in [-0.39, 0.29) is 29.4 Å². The number of fused-ring (bicyclic) bond motifs is 4. The van der Waals surface area contributed by atoms with Crippen LogP contribution in [0.25, 0.3) is 0 Å². The van der Waals surface area contributed by atoms with Gasteiger partial charge in [-0.05, 0) is 6.92 Å². The number of rotatable bonds is 16. The number of nitrogens with one attached hydrogen (secondary N) is 1. The smallest absolute Gasteiger partial charge is 0.404 e. The van der Waals surface area contributed by atoms with Crippen LogP contribution in [0.15, 0.2) is 22.6 Å². The number of hydrogen-bond acceptors (Lipinski definition) is 25. The summed E-state index contributed by atoms with van der Waals surface area (Å²) in [6.45, 7) is 6.64. The van der Waals surface area contributed by atoms with Crippen molar-refractivity contribution in [1.29, 1.82) is 0 Å². The van der Waals surface area contributed by atoms with Gasteiger partial charge in [0.25, 0.3) is 0 Å². The van der Waals surface area contributed by atoms with Crippen molar-refractivity contribution in [3.63, 3.8) is 0 Å². The Bertz CT molecular complexity index is 2160. The Hall–Kier alpha value is -6.22. The van der Waals surface area contributed by atoms with E-state index in [0.29, 0.717) is 0 Å². The van der Waals surface area contributed by atoms with Crippen LogP contribution in [0.5, 0.6) is 0 Å². The Labute approximate surface area is 381 Å². The molecule has 0 aromatic rings. The maximum Gasteiger partial charge on any atom is 0.404 e. The lowest BCUT2D eigenvalue weighted by Crippen LogP contribution is -2.67. The number of carbonyl (C=O) groups excluding carboxylic acids is 10. The number of allylic oxidation sites excluding steroid dienone is 2. The minimum absolute atomic E-state index is 0.0336. The van der Waals surface area contributed by atoms with Crippen LogP contribution in [0.4, 0.5) is 4.79 Å². The van der Waals surface area contributed by atoms with E-state index in [1.165, 1.54) is 14.0 Å². The highest BCUT2D eigenvalue weighted by Crippen LogP contribution is 2.56. The van der Waals surface area contributed by atoms with Crippen molar-refractivity contribution in [3.8, 4) is 0 Å². The lowest BCUT2D eigenvalue weighted by Gasteiger charge is -2.48. The number of methoxy groups -OCH3 is 1. The molecule has 0 aromatic heterocycles. The topological polar surface area (TPSA) is 342 Å². The summed E-state index contributed by atoms with van der Waals surface area (Å²) >= 11 is 0. The molecule has 0 saturated carbocycles.